The molecule has 0 bridgehead atoms. The predicted octanol–water partition coefficient (Wildman–Crippen LogP) is 3.18. The van der Waals surface area contributed by atoms with Crippen LogP contribution >= 0.6 is 22.9 Å². The van der Waals surface area contributed by atoms with Crippen molar-refractivity contribution in [1.82, 2.24) is 4.57 Å². The largest absolute Gasteiger partial charge is 0.463 e. The van der Waals surface area contributed by atoms with Crippen LogP contribution in [0.5, 0.6) is 11.5 Å². The van der Waals surface area contributed by atoms with E-state index in [2.05, 4.69) is 4.99 Å². The number of aromatic nitrogens is 1. The summed E-state index contributed by atoms with van der Waals surface area (Å²) >= 11 is 7.76. The van der Waals surface area contributed by atoms with Gasteiger partial charge in [0.1, 0.15) is 6.04 Å². The summed E-state index contributed by atoms with van der Waals surface area (Å²) in [7, 11) is 0. The van der Waals surface area contributed by atoms with Gasteiger partial charge in [-0.15, -0.1) is 0 Å². The van der Waals surface area contributed by atoms with Crippen molar-refractivity contribution >= 4 is 35.0 Å². The minimum absolute atomic E-state index is 0.175. The first-order valence-corrected chi connectivity index (χ1v) is 11.5. The highest BCUT2D eigenvalue weighted by Crippen LogP contribution is 2.35. The van der Waals surface area contributed by atoms with Crippen LogP contribution in [0.3, 0.4) is 0 Å². The van der Waals surface area contributed by atoms with Gasteiger partial charge in [-0.2, -0.15) is 0 Å². The molecule has 9 heteroatoms. The molecule has 1 aromatic heterocycles. The fraction of sp³-hybridized carbons (Fsp3) is 0.208. The lowest BCUT2D eigenvalue weighted by Gasteiger charge is -2.25. The van der Waals surface area contributed by atoms with Crippen LogP contribution in [0.1, 0.15) is 31.0 Å². The van der Waals surface area contributed by atoms with E-state index < -0.39 is 12.0 Å². The molecule has 168 valence electrons. The lowest BCUT2D eigenvalue weighted by atomic mass is 9.96. The van der Waals surface area contributed by atoms with Crippen molar-refractivity contribution in [3.63, 3.8) is 0 Å². The maximum absolute atomic E-state index is 13.6. The summed E-state index contributed by atoms with van der Waals surface area (Å²) in [6.07, 6.45) is 1.78. The van der Waals surface area contributed by atoms with Crippen LogP contribution in [0.4, 0.5) is 0 Å². The van der Waals surface area contributed by atoms with Crippen molar-refractivity contribution in [3.05, 3.63) is 89.6 Å². The van der Waals surface area contributed by atoms with Gasteiger partial charge in [0, 0.05) is 5.02 Å². The SMILES string of the molecule is CCOC(=O)C1=C(C)N=c2s/c(=C\c3ccc4c(c3)OCO4)c(=O)n2[C@H]1c1ccccc1Cl. The molecule has 2 aliphatic heterocycles. The number of thiazole rings is 1. The number of halogens is 1. The van der Waals surface area contributed by atoms with Gasteiger partial charge in [0.15, 0.2) is 16.3 Å². The fourth-order valence-electron chi connectivity index (χ4n) is 3.94. The Kier molecular flexibility index (Phi) is 5.55. The third kappa shape index (κ3) is 3.75. The standard InChI is InChI=1S/C24H19ClN2O5S/c1-3-30-23(29)20-13(2)26-24-27(21(20)15-6-4-5-7-16(15)25)22(28)19(33-24)11-14-8-9-17-18(10-14)32-12-31-17/h4-11,21H,3,12H2,1-2H3/b19-11-/t21-/m0/s1. The number of rotatable bonds is 4. The molecule has 1 atom stereocenters. The number of benzene rings is 2. The van der Waals surface area contributed by atoms with Crippen molar-refractivity contribution in [2.75, 3.05) is 13.4 Å². The third-order valence-electron chi connectivity index (χ3n) is 5.41. The molecule has 0 radical (unpaired) electrons. The van der Waals surface area contributed by atoms with Gasteiger partial charge < -0.3 is 14.2 Å². The van der Waals surface area contributed by atoms with Gasteiger partial charge in [0.2, 0.25) is 6.79 Å². The quantitative estimate of drug-likeness (QED) is 0.534. The van der Waals surface area contributed by atoms with Crippen LogP contribution in [-0.4, -0.2) is 23.9 Å². The second-order valence-electron chi connectivity index (χ2n) is 7.44. The van der Waals surface area contributed by atoms with Crippen molar-refractivity contribution in [1.29, 1.82) is 0 Å². The second-order valence-corrected chi connectivity index (χ2v) is 8.85. The van der Waals surface area contributed by atoms with Crippen LogP contribution < -0.4 is 24.4 Å². The maximum atomic E-state index is 13.6. The van der Waals surface area contributed by atoms with Gasteiger partial charge >= 0.3 is 5.97 Å². The summed E-state index contributed by atoms with van der Waals surface area (Å²) in [4.78, 5) is 31.5. The van der Waals surface area contributed by atoms with Crippen LogP contribution in [-0.2, 0) is 9.53 Å². The highest BCUT2D eigenvalue weighted by molar-refractivity contribution is 7.07. The lowest BCUT2D eigenvalue weighted by Crippen LogP contribution is -2.40. The molecule has 3 heterocycles. The summed E-state index contributed by atoms with van der Waals surface area (Å²) in [5.41, 5.74) is 1.95. The Balaban J connectivity index is 1.71. The van der Waals surface area contributed by atoms with Crippen molar-refractivity contribution in [2.24, 2.45) is 4.99 Å². The minimum atomic E-state index is -0.743. The molecular formula is C24H19ClN2O5S. The summed E-state index contributed by atoms with van der Waals surface area (Å²) < 4.78 is 18.1. The summed E-state index contributed by atoms with van der Waals surface area (Å²) in [6, 6.07) is 11.9. The molecule has 2 aromatic carbocycles. The molecule has 0 saturated heterocycles. The van der Waals surface area contributed by atoms with Gasteiger partial charge in [0.05, 0.1) is 22.4 Å². The number of ether oxygens (including phenoxy) is 3. The van der Waals surface area contributed by atoms with E-state index in [-0.39, 0.29) is 19.0 Å². The van der Waals surface area contributed by atoms with Crippen molar-refractivity contribution in [2.45, 2.75) is 19.9 Å². The van der Waals surface area contributed by atoms with E-state index >= 15 is 0 Å². The molecule has 7 nitrogen and oxygen atoms in total. The molecular weight excluding hydrogens is 464 g/mol. The molecule has 5 rings (SSSR count). The summed E-state index contributed by atoms with van der Waals surface area (Å²) in [5.74, 6) is 0.779. The number of carbonyl (C=O) groups excluding carboxylic acids is 1. The Morgan fingerprint density at radius 3 is 2.85 bits per heavy atom. The Morgan fingerprint density at radius 1 is 1.27 bits per heavy atom. The molecule has 0 spiro atoms. The van der Waals surface area contributed by atoms with Crippen molar-refractivity contribution < 1.29 is 19.0 Å². The second kappa shape index (κ2) is 8.53. The molecule has 0 N–H and O–H groups in total. The lowest BCUT2D eigenvalue weighted by molar-refractivity contribution is -0.139. The number of allylic oxidation sites excluding steroid dienone is 1. The van der Waals surface area contributed by atoms with Crippen LogP contribution in [0.15, 0.2) is 63.5 Å². The van der Waals surface area contributed by atoms with Crippen LogP contribution in [0.25, 0.3) is 6.08 Å². The van der Waals surface area contributed by atoms with E-state index in [0.29, 0.717) is 42.7 Å². The molecule has 0 amide bonds. The first-order chi connectivity index (χ1) is 16.0. The van der Waals surface area contributed by atoms with E-state index in [0.717, 1.165) is 5.56 Å². The summed E-state index contributed by atoms with van der Waals surface area (Å²) in [6.45, 7) is 3.86. The average molecular weight is 483 g/mol. The zero-order valence-electron chi connectivity index (χ0n) is 17.8. The number of hydrogen-bond donors (Lipinski definition) is 0. The van der Waals surface area contributed by atoms with E-state index in [1.807, 2.05) is 18.2 Å². The van der Waals surface area contributed by atoms with E-state index in [1.54, 1.807) is 44.2 Å². The number of carbonyl (C=O) groups is 1. The molecule has 3 aromatic rings. The Hall–Kier alpha value is -3.36. The predicted molar refractivity (Wildman–Crippen MR) is 124 cm³/mol. The maximum Gasteiger partial charge on any atom is 0.338 e. The first-order valence-electron chi connectivity index (χ1n) is 10.3. The molecule has 33 heavy (non-hydrogen) atoms. The van der Waals surface area contributed by atoms with Crippen LogP contribution in [0.2, 0.25) is 5.02 Å². The van der Waals surface area contributed by atoms with Gasteiger partial charge in [-0.3, -0.25) is 9.36 Å². The van der Waals surface area contributed by atoms with Gasteiger partial charge in [-0.1, -0.05) is 47.2 Å². The van der Waals surface area contributed by atoms with Crippen LogP contribution in [0, 0.1) is 0 Å². The highest BCUT2D eigenvalue weighted by atomic mass is 35.5. The Morgan fingerprint density at radius 2 is 2.06 bits per heavy atom. The highest BCUT2D eigenvalue weighted by Gasteiger charge is 2.34. The number of fused-ring (bicyclic) bond motifs is 2. The van der Waals surface area contributed by atoms with Gasteiger partial charge in [-0.25, -0.2) is 9.79 Å². The molecule has 0 saturated carbocycles. The monoisotopic (exact) mass is 482 g/mol. The van der Waals surface area contributed by atoms with E-state index in [9.17, 15) is 9.59 Å². The smallest absolute Gasteiger partial charge is 0.338 e. The number of nitrogens with zero attached hydrogens (tertiary/aromatic N) is 2. The molecule has 0 fully saturated rings. The number of hydrogen-bond acceptors (Lipinski definition) is 7. The van der Waals surface area contributed by atoms with E-state index in [1.165, 1.54) is 15.9 Å². The number of esters is 1. The summed E-state index contributed by atoms with van der Waals surface area (Å²) in [5, 5.41) is 0.448. The Labute approximate surface area is 197 Å². The zero-order chi connectivity index (χ0) is 23.1. The molecule has 2 aliphatic rings. The Bertz CT molecular complexity index is 1490. The van der Waals surface area contributed by atoms with Gasteiger partial charge in [-0.05, 0) is 49.2 Å². The molecule has 0 unspecified atom stereocenters. The fourth-order valence-corrected chi connectivity index (χ4v) is 5.22. The zero-order valence-corrected chi connectivity index (χ0v) is 19.4. The average Bonchev–Trinajstić information content (AvgIpc) is 3.37. The van der Waals surface area contributed by atoms with E-state index in [4.69, 9.17) is 25.8 Å². The topological polar surface area (TPSA) is 79.1 Å². The first kappa shape index (κ1) is 21.5. The van der Waals surface area contributed by atoms with Crippen molar-refractivity contribution in [3.8, 4) is 11.5 Å². The van der Waals surface area contributed by atoms with Gasteiger partial charge in [0.25, 0.3) is 5.56 Å². The normalized spacial score (nSPS) is 17.1. The third-order valence-corrected chi connectivity index (χ3v) is 6.74. The molecule has 0 aliphatic carbocycles. The minimum Gasteiger partial charge on any atom is -0.463 e.